The Balaban J connectivity index is 2.33. The highest BCUT2D eigenvalue weighted by molar-refractivity contribution is 5.87. The van der Waals surface area contributed by atoms with Crippen LogP contribution in [0.2, 0.25) is 0 Å². The number of piperidine rings is 1. The first kappa shape index (κ1) is 18.5. The van der Waals surface area contributed by atoms with Gasteiger partial charge in [0.05, 0.1) is 0 Å². The lowest BCUT2D eigenvalue weighted by Gasteiger charge is -2.32. The summed E-state index contributed by atoms with van der Waals surface area (Å²) in [5.41, 5.74) is -0.0827. The summed E-state index contributed by atoms with van der Waals surface area (Å²) in [7, 11) is 0. The van der Waals surface area contributed by atoms with Crippen molar-refractivity contribution in [3.8, 4) is 0 Å². The molecule has 4 nitrogen and oxygen atoms in total. The maximum atomic E-state index is 12.3. The lowest BCUT2D eigenvalue weighted by atomic mass is 9.95. The van der Waals surface area contributed by atoms with E-state index in [9.17, 15) is 22.8 Å². The maximum absolute atomic E-state index is 12.3. The highest BCUT2D eigenvalue weighted by Crippen LogP contribution is 2.23. The molecule has 0 unspecified atom stereocenters. The number of carbonyl (C=O) groups is 2. The van der Waals surface area contributed by atoms with Crippen LogP contribution in [-0.4, -0.2) is 42.5 Å². The standard InChI is InChI=1S/C15H23F3N2O2/c1-14(2,3)7-4-12(21)19-10-11-5-8-20(9-6-11)13(22)15(16,17)18/h4,7,11H,5-6,8-10H2,1-3H3,(H,19,21)/b7-4-. The molecule has 1 N–H and O–H groups in total. The summed E-state index contributed by atoms with van der Waals surface area (Å²) < 4.78 is 36.9. The topological polar surface area (TPSA) is 49.4 Å². The van der Waals surface area contributed by atoms with Crippen LogP contribution in [0, 0.1) is 11.3 Å². The van der Waals surface area contributed by atoms with Crippen LogP contribution in [0.25, 0.3) is 0 Å². The predicted octanol–water partition coefficient (Wildman–Crippen LogP) is 2.51. The Hall–Kier alpha value is -1.53. The fraction of sp³-hybridized carbons (Fsp3) is 0.733. The van der Waals surface area contributed by atoms with E-state index >= 15 is 0 Å². The number of hydrogen-bond acceptors (Lipinski definition) is 2. The second kappa shape index (κ2) is 7.15. The highest BCUT2D eigenvalue weighted by atomic mass is 19.4. The van der Waals surface area contributed by atoms with Crippen molar-refractivity contribution in [1.82, 2.24) is 10.2 Å². The van der Waals surface area contributed by atoms with Gasteiger partial charge in [-0.2, -0.15) is 13.2 Å². The molecular formula is C15H23F3N2O2. The van der Waals surface area contributed by atoms with Crippen LogP contribution in [0.15, 0.2) is 12.2 Å². The molecule has 2 amide bonds. The van der Waals surface area contributed by atoms with Gasteiger partial charge in [0.1, 0.15) is 0 Å². The summed E-state index contributed by atoms with van der Waals surface area (Å²) in [5, 5.41) is 2.75. The molecule has 0 radical (unpaired) electrons. The number of nitrogens with one attached hydrogen (secondary N) is 1. The Morgan fingerprint density at radius 2 is 1.73 bits per heavy atom. The molecule has 1 rings (SSSR count). The van der Waals surface area contributed by atoms with Crippen molar-refractivity contribution in [3.63, 3.8) is 0 Å². The first-order chi connectivity index (χ1) is 9.99. The van der Waals surface area contributed by atoms with Gasteiger partial charge in [-0.15, -0.1) is 0 Å². The van der Waals surface area contributed by atoms with E-state index in [1.54, 1.807) is 6.08 Å². The summed E-state index contributed by atoms with van der Waals surface area (Å²) >= 11 is 0. The lowest BCUT2D eigenvalue weighted by molar-refractivity contribution is -0.186. The fourth-order valence-corrected chi connectivity index (χ4v) is 2.15. The number of nitrogens with zero attached hydrogens (tertiary/aromatic N) is 1. The van der Waals surface area contributed by atoms with Crippen molar-refractivity contribution in [2.24, 2.45) is 11.3 Å². The number of likely N-dealkylation sites (tertiary alicyclic amines) is 1. The molecule has 1 aliphatic heterocycles. The monoisotopic (exact) mass is 320 g/mol. The minimum absolute atomic E-state index is 0.0801. The van der Waals surface area contributed by atoms with Gasteiger partial charge in [-0.05, 0) is 30.3 Å². The lowest BCUT2D eigenvalue weighted by Crippen LogP contribution is -2.46. The summed E-state index contributed by atoms with van der Waals surface area (Å²) in [4.78, 5) is 23.5. The molecule has 0 bridgehead atoms. The first-order valence-electron chi connectivity index (χ1n) is 7.32. The smallest absolute Gasteiger partial charge is 0.352 e. The molecule has 0 aromatic carbocycles. The third-order valence-electron chi connectivity index (χ3n) is 3.44. The molecular weight excluding hydrogens is 297 g/mol. The second-order valence-electron chi connectivity index (χ2n) is 6.68. The fourth-order valence-electron chi connectivity index (χ4n) is 2.15. The zero-order valence-electron chi connectivity index (χ0n) is 13.2. The Kier molecular flexibility index (Phi) is 6.02. The van der Waals surface area contributed by atoms with Crippen molar-refractivity contribution in [3.05, 3.63) is 12.2 Å². The van der Waals surface area contributed by atoms with Crippen LogP contribution in [-0.2, 0) is 9.59 Å². The van der Waals surface area contributed by atoms with Gasteiger partial charge < -0.3 is 10.2 Å². The van der Waals surface area contributed by atoms with Gasteiger partial charge in [-0.1, -0.05) is 26.8 Å². The summed E-state index contributed by atoms with van der Waals surface area (Å²) in [5.74, 6) is -1.88. The van der Waals surface area contributed by atoms with Crippen molar-refractivity contribution >= 4 is 11.8 Å². The zero-order valence-corrected chi connectivity index (χ0v) is 13.2. The van der Waals surface area contributed by atoms with Gasteiger partial charge in [0.2, 0.25) is 5.91 Å². The van der Waals surface area contributed by atoms with E-state index in [0.717, 1.165) is 4.90 Å². The zero-order chi connectivity index (χ0) is 17.0. The van der Waals surface area contributed by atoms with Crippen LogP contribution in [0.3, 0.4) is 0 Å². The van der Waals surface area contributed by atoms with Crippen molar-refractivity contribution in [2.45, 2.75) is 39.8 Å². The van der Waals surface area contributed by atoms with Crippen molar-refractivity contribution in [2.75, 3.05) is 19.6 Å². The van der Waals surface area contributed by atoms with Gasteiger partial charge in [-0.3, -0.25) is 9.59 Å². The van der Waals surface area contributed by atoms with Crippen LogP contribution in [0.4, 0.5) is 13.2 Å². The number of halogens is 3. The maximum Gasteiger partial charge on any atom is 0.471 e. The number of hydrogen-bond donors (Lipinski definition) is 1. The first-order valence-corrected chi connectivity index (χ1v) is 7.32. The van der Waals surface area contributed by atoms with Gasteiger partial charge in [0.15, 0.2) is 0 Å². The molecule has 126 valence electrons. The number of rotatable bonds is 3. The largest absolute Gasteiger partial charge is 0.471 e. The molecule has 0 atom stereocenters. The summed E-state index contributed by atoms with van der Waals surface area (Å²) in [6.07, 6.45) is -0.607. The van der Waals surface area contributed by atoms with Gasteiger partial charge in [-0.25, -0.2) is 0 Å². The van der Waals surface area contributed by atoms with Crippen molar-refractivity contribution < 1.29 is 22.8 Å². The second-order valence-corrected chi connectivity index (χ2v) is 6.68. The molecule has 0 aromatic rings. The van der Waals surface area contributed by atoms with E-state index in [1.807, 2.05) is 20.8 Å². The van der Waals surface area contributed by atoms with E-state index in [-0.39, 0.29) is 30.3 Å². The molecule has 0 saturated carbocycles. The van der Waals surface area contributed by atoms with Crippen LogP contribution >= 0.6 is 0 Å². The third kappa shape index (κ3) is 6.49. The molecule has 1 heterocycles. The Labute approximate surface area is 128 Å². The van der Waals surface area contributed by atoms with Crippen molar-refractivity contribution in [1.29, 1.82) is 0 Å². The average molecular weight is 320 g/mol. The van der Waals surface area contributed by atoms with E-state index in [4.69, 9.17) is 0 Å². The molecule has 0 spiro atoms. The molecule has 0 aromatic heterocycles. The van der Waals surface area contributed by atoms with Crippen LogP contribution < -0.4 is 5.32 Å². The quantitative estimate of drug-likeness (QED) is 0.812. The Morgan fingerprint density at radius 1 is 1.18 bits per heavy atom. The minimum atomic E-state index is -4.81. The average Bonchev–Trinajstić information content (AvgIpc) is 2.41. The molecule has 1 aliphatic rings. The molecule has 7 heteroatoms. The van der Waals surface area contributed by atoms with Gasteiger partial charge in [0.25, 0.3) is 0 Å². The molecule has 1 fully saturated rings. The third-order valence-corrected chi connectivity index (χ3v) is 3.44. The number of carbonyl (C=O) groups excluding carboxylic acids is 2. The van der Waals surface area contributed by atoms with Gasteiger partial charge in [0, 0.05) is 19.6 Å². The molecule has 0 aliphatic carbocycles. The summed E-state index contributed by atoms with van der Waals surface area (Å²) in [6.45, 7) is 6.51. The normalized spacial score (nSPS) is 17.8. The predicted molar refractivity (Wildman–Crippen MR) is 77.0 cm³/mol. The Morgan fingerprint density at radius 3 is 2.18 bits per heavy atom. The number of amides is 2. The van der Waals surface area contributed by atoms with E-state index in [1.165, 1.54) is 6.08 Å². The van der Waals surface area contributed by atoms with E-state index in [0.29, 0.717) is 19.4 Å². The van der Waals surface area contributed by atoms with Gasteiger partial charge >= 0.3 is 12.1 Å². The Bertz CT molecular complexity index is 431. The SMILES string of the molecule is CC(C)(C)/C=C\C(=O)NCC1CCN(C(=O)C(F)(F)F)CC1. The molecule has 22 heavy (non-hydrogen) atoms. The highest BCUT2D eigenvalue weighted by Gasteiger charge is 2.43. The van der Waals surface area contributed by atoms with Crippen LogP contribution in [0.1, 0.15) is 33.6 Å². The number of allylic oxidation sites excluding steroid dienone is 1. The van der Waals surface area contributed by atoms with E-state index < -0.39 is 12.1 Å². The minimum Gasteiger partial charge on any atom is -0.352 e. The number of alkyl halides is 3. The van der Waals surface area contributed by atoms with Crippen LogP contribution in [0.5, 0.6) is 0 Å². The van der Waals surface area contributed by atoms with E-state index in [2.05, 4.69) is 5.32 Å². The molecule has 1 saturated heterocycles. The summed E-state index contributed by atoms with van der Waals surface area (Å²) in [6, 6.07) is 0.